The lowest BCUT2D eigenvalue weighted by Crippen LogP contribution is -1.88. The first kappa shape index (κ1) is 9.83. The number of aliphatic hydroxyl groups is 1. The second-order valence-electron chi connectivity index (χ2n) is 3.16. The lowest BCUT2D eigenvalue weighted by atomic mass is 10.3. The number of aromatic nitrogens is 1. The van der Waals surface area contributed by atoms with Gasteiger partial charge in [-0.15, -0.1) is 11.3 Å². The molecule has 0 amide bonds. The summed E-state index contributed by atoms with van der Waals surface area (Å²) >= 11 is 3.23. The molecule has 0 radical (unpaired) electrons. The van der Waals surface area contributed by atoms with Crippen LogP contribution in [-0.4, -0.2) is 10.1 Å². The van der Waals surface area contributed by atoms with E-state index in [0.29, 0.717) is 0 Å². The fraction of sp³-hybridized carbons (Fsp3) is 0.300. The van der Waals surface area contributed by atoms with E-state index in [2.05, 4.69) is 16.4 Å². The van der Waals surface area contributed by atoms with Crippen molar-refractivity contribution < 1.29 is 5.11 Å². The van der Waals surface area contributed by atoms with E-state index in [0.717, 1.165) is 21.1 Å². The van der Waals surface area contributed by atoms with Crippen molar-refractivity contribution in [2.45, 2.75) is 20.0 Å². The fourth-order valence-corrected chi connectivity index (χ4v) is 3.02. The summed E-state index contributed by atoms with van der Waals surface area (Å²) in [6, 6.07) is 2.05. The minimum absolute atomic E-state index is 0.417. The summed E-state index contributed by atoms with van der Waals surface area (Å²) in [5.41, 5.74) is 2.08. The first-order valence-electron chi connectivity index (χ1n) is 4.36. The van der Waals surface area contributed by atoms with E-state index in [9.17, 15) is 5.11 Å². The molecule has 1 N–H and O–H groups in total. The Balaban J connectivity index is 2.43. The van der Waals surface area contributed by atoms with Crippen molar-refractivity contribution in [1.29, 1.82) is 0 Å². The SMILES string of the molecule is Cc1nc(-c2ccsc2)sc1C(C)O. The molecule has 0 aliphatic carbocycles. The van der Waals surface area contributed by atoms with Gasteiger partial charge in [0.05, 0.1) is 16.7 Å². The molecule has 0 bridgehead atoms. The van der Waals surface area contributed by atoms with Gasteiger partial charge in [0.15, 0.2) is 0 Å². The highest BCUT2D eigenvalue weighted by atomic mass is 32.1. The number of thiophene rings is 1. The zero-order valence-electron chi connectivity index (χ0n) is 8.02. The molecule has 0 spiro atoms. The Kier molecular flexibility index (Phi) is 2.67. The molecule has 2 aromatic heterocycles. The van der Waals surface area contributed by atoms with Crippen molar-refractivity contribution in [1.82, 2.24) is 4.98 Å². The van der Waals surface area contributed by atoms with Crippen LogP contribution in [0.1, 0.15) is 23.6 Å². The van der Waals surface area contributed by atoms with Crippen molar-refractivity contribution in [2.75, 3.05) is 0 Å². The van der Waals surface area contributed by atoms with Crippen LogP contribution in [-0.2, 0) is 0 Å². The molecule has 1 unspecified atom stereocenters. The van der Waals surface area contributed by atoms with Crippen molar-refractivity contribution >= 4 is 22.7 Å². The number of rotatable bonds is 2. The lowest BCUT2D eigenvalue weighted by Gasteiger charge is -1.98. The minimum atomic E-state index is -0.417. The van der Waals surface area contributed by atoms with Crippen molar-refractivity contribution in [3.8, 4) is 10.6 Å². The predicted octanol–water partition coefficient (Wildman–Crippen LogP) is 3.23. The summed E-state index contributed by atoms with van der Waals surface area (Å²) in [6.45, 7) is 3.71. The summed E-state index contributed by atoms with van der Waals surface area (Å²) in [6.07, 6.45) is -0.417. The minimum Gasteiger partial charge on any atom is -0.388 e. The van der Waals surface area contributed by atoms with Crippen LogP contribution in [0, 0.1) is 6.92 Å². The predicted molar refractivity (Wildman–Crippen MR) is 60.8 cm³/mol. The van der Waals surface area contributed by atoms with Gasteiger partial charge in [0.25, 0.3) is 0 Å². The van der Waals surface area contributed by atoms with Crippen LogP contribution in [0.2, 0.25) is 0 Å². The molecule has 14 heavy (non-hydrogen) atoms. The maximum atomic E-state index is 9.49. The van der Waals surface area contributed by atoms with Gasteiger partial charge < -0.3 is 5.11 Å². The van der Waals surface area contributed by atoms with Crippen molar-refractivity contribution in [3.63, 3.8) is 0 Å². The number of hydrogen-bond acceptors (Lipinski definition) is 4. The van der Waals surface area contributed by atoms with Crippen LogP contribution < -0.4 is 0 Å². The van der Waals surface area contributed by atoms with Crippen LogP contribution >= 0.6 is 22.7 Å². The van der Waals surface area contributed by atoms with E-state index in [1.165, 1.54) is 0 Å². The maximum Gasteiger partial charge on any atom is 0.124 e. The van der Waals surface area contributed by atoms with Gasteiger partial charge in [-0.3, -0.25) is 0 Å². The molecule has 0 saturated carbocycles. The molecule has 0 saturated heterocycles. The molecule has 74 valence electrons. The molecule has 0 aliphatic rings. The summed E-state index contributed by atoms with van der Waals surface area (Å²) < 4.78 is 0. The first-order valence-corrected chi connectivity index (χ1v) is 6.12. The molecule has 2 nitrogen and oxygen atoms in total. The number of nitrogens with zero attached hydrogens (tertiary/aromatic N) is 1. The van der Waals surface area contributed by atoms with E-state index in [1.807, 2.05) is 12.3 Å². The molecule has 0 aromatic carbocycles. The maximum absolute atomic E-state index is 9.49. The lowest BCUT2D eigenvalue weighted by molar-refractivity contribution is 0.202. The standard InChI is InChI=1S/C10H11NOS2/c1-6-9(7(2)12)14-10(11-6)8-3-4-13-5-8/h3-5,7,12H,1-2H3. The van der Waals surface area contributed by atoms with Gasteiger partial charge in [0, 0.05) is 10.9 Å². The highest BCUT2D eigenvalue weighted by molar-refractivity contribution is 7.15. The smallest absolute Gasteiger partial charge is 0.124 e. The number of thiazole rings is 1. The third kappa shape index (κ3) is 1.73. The van der Waals surface area contributed by atoms with Crippen molar-refractivity contribution in [3.05, 3.63) is 27.4 Å². The molecule has 0 aliphatic heterocycles. The Hall–Kier alpha value is -0.710. The Bertz CT molecular complexity index is 417. The summed E-state index contributed by atoms with van der Waals surface area (Å²) in [5, 5.41) is 14.6. The second kappa shape index (κ2) is 3.81. The van der Waals surface area contributed by atoms with Gasteiger partial charge >= 0.3 is 0 Å². The molecule has 1 atom stereocenters. The highest BCUT2D eigenvalue weighted by Crippen LogP contribution is 2.32. The molecule has 0 fully saturated rings. The summed E-state index contributed by atoms with van der Waals surface area (Å²) in [7, 11) is 0. The third-order valence-electron chi connectivity index (χ3n) is 1.98. The monoisotopic (exact) mass is 225 g/mol. The summed E-state index contributed by atoms with van der Waals surface area (Å²) in [5.74, 6) is 0. The molecule has 2 rings (SSSR count). The van der Waals surface area contributed by atoms with E-state index >= 15 is 0 Å². The molecule has 4 heteroatoms. The molecular weight excluding hydrogens is 214 g/mol. The van der Waals surface area contributed by atoms with Gasteiger partial charge in [-0.2, -0.15) is 11.3 Å². The van der Waals surface area contributed by atoms with Crippen LogP contribution in [0.25, 0.3) is 10.6 Å². The average molecular weight is 225 g/mol. The molecule has 2 aromatic rings. The van der Waals surface area contributed by atoms with Crippen LogP contribution in [0.5, 0.6) is 0 Å². The third-order valence-corrected chi connectivity index (χ3v) is 4.04. The van der Waals surface area contributed by atoms with Gasteiger partial charge in [0.1, 0.15) is 5.01 Å². The van der Waals surface area contributed by atoms with Crippen molar-refractivity contribution in [2.24, 2.45) is 0 Å². The number of aryl methyl sites for hydroxylation is 1. The van der Waals surface area contributed by atoms with Crippen LogP contribution in [0.4, 0.5) is 0 Å². The van der Waals surface area contributed by atoms with E-state index in [-0.39, 0.29) is 0 Å². The molecule has 2 heterocycles. The van der Waals surface area contributed by atoms with Gasteiger partial charge in [-0.1, -0.05) is 0 Å². The van der Waals surface area contributed by atoms with Crippen LogP contribution in [0.15, 0.2) is 16.8 Å². The normalized spacial score (nSPS) is 13.1. The van der Waals surface area contributed by atoms with Gasteiger partial charge in [-0.25, -0.2) is 4.98 Å². The number of aliphatic hydroxyl groups excluding tert-OH is 1. The quantitative estimate of drug-likeness (QED) is 0.851. The van der Waals surface area contributed by atoms with E-state index < -0.39 is 6.10 Å². The first-order chi connectivity index (χ1) is 6.68. The summed E-state index contributed by atoms with van der Waals surface area (Å²) in [4.78, 5) is 5.40. The molecular formula is C10H11NOS2. The van der Waals surface area contributed by atoms with E-state index in [4.69, 9.17) is 0 Å². The Morgan fingerprint density at radius 2 is 2.29 bits per heavy atom. The van der Waals surface area contributed by atoms with Gasteiger partial charge in [0.2, 0.25) is 0 Å². The Morgan fingerprint density at radius 1 is 1.50 bits per heavy atom. The average Bonchev–Trinajstić information content (AvgIpc) is 2.70. The second-order valence-corrected chi connectivity index (χ2v) is 4.97. The van der Waals surface area contributed by atoms with Gasteiger partial charge in [-0.05, 0) is 25.3 Å². The zero-order chi connectivity index (χ0) is 10.1. The fourth-order valence-electron chi connectivity index (χ4n) is 1.31. The Labute approximate surface area is 90.9 Å². The van der Waals surface area contributed by atoms with E-state index in [1.54, 1.807) is 29.6 Å². The topological polar surface area (TPSA) is 33.1 Å². The zero-order valence-corrected chi connectivity index (χ0v) is 9.65. The van der Waals surface area contributed by atoms with Crippen LogP contribution in [0.3, 0.4) is 0 Å². The largest absolute Gasteiger partial charge is 0.388 e. The Morgan fingerprint density at radius 3 is 2.79 bits per heavy atom. The number of hydrogen-bond donors (Lipinski definition) is 1. The highest BCUT2D eigenvalue weighted by Gasteiger charge is 2.12.